The van der Waals surface area contributed by atoms with E-state index in [1.54, 1.807) is 18.1 Å². The molecule has 3 rings (SSSR count). The van der Waals surface area contributed by atoms with Gasteiger partial charge in [-0.2, -0.15) is 0 Å². The summed E-state index contributed by atoms with van der Waals surface area (Å²) in [6, 6.07) is 3.86. The molecule has 1 aliphatic rings. The number of piperazine rings is 1. The van der Waals surface area contributed by atoms with Crippen LogP contribution in [0.4, 0.5) is 0 Å². The average Bonchev–Trinajstić information content (AvgIpc) is 3.10. The van der Waals surface area contributed by atoms with Gasteiger partial charge in [-0.05, 0) is 19.1 Å². The van der Waals surface area contributed by atoms with E-state index in [-0.39, 0.29) is 11.7 Å². The van der Waals surface area contributed by atoms with Gasteiger partial charge in [0.1, 0.15) is 11.6 Å². The van der Waals surface area contributed by atoms with E-state index in [4.69, 9.17) is 4.42 Å². The number of aromatic amines is 1. The fourth-order valence-electron chi connectivity index (χ4n) is 2.31. The molecule has 0 atom stereocenters. The van der Waals surface area contributed by atoms with Crippen molar-refractivity contribution in [3.05, 3.63) is 35.8 Å². The number of furan rings is 1. The Hall–Kier alpha value is -2.15. The van der Waals surface area contributed by atoms with Crippen LogP contribution in [0.3, 0.4) is 0 Å². The first kappa shape index (κ1) is 12.9. The summed E-state index contributed by atoms with van der Waals surface area (Å²) >= 11 is 0. The van der Waals surface area contributed by atoms with Crippen LogP contribution in [0.1, 0.15) is 22.2 Å². The molecule has 0 aromatic carbocycles. The first-order chi connectivity index (χ1) is 9.72. The molecule has 0 saturated carbocycles. The van der Waals surface area contributed by atoms with Crippen LogP contribution in [-0.2, 0) is 6.54 Å². The lowest BCUT2D eigenvalue weighted by Crippen LogP contribution is -2.48. The molecule has 1 amide bonds. The van der Waals surface area contributed by atoms with E-state index in [0.29, 0.717) is 18.9 Å². The van der Waals surface area contributed by atoms with Crippen LogP contribution in [0.5, 0.6) is 0 Å². The van der Waals surface area contributed by atoms with Gasteiger partial charge in [-0.1, -0.05) is 0 Å². The summed E-state index contributed by atoms with van der Waals surface area (Å²) in [4.78, 5) is 20.3. The molecular weight excluding hydrogens is 258 g/mol. The Labute approximate surface area is 116 Å². The Morgan fingerprint density at radius 2 is 2.20 bits per heavy atom. The number of aromatic nitrogens is 3. The average molecular weight is 275 g/mol. The second-order valence-electron chi connectivity index (χ2n) is 4.89. The lowest BCUT2D eigenvalue weighted by molar-refractivity contribution is 0.0609. The van der Waals surface area contributed by atoms with E-state index in [2.05, 4.69) is 20.1 Å². The topological polar surface area (TPSA) is 78.3 Å². The van der Waals surface area contributed by atoms with Gasteiger partial charge in [-0.15, -0.1) is 5.10 Å². The Morgan fingerprint density at radius 1 is 1.40 bits per heavy atom. The number of carbonyl (C=O) groups excluding carboxylic acids is 1. The number of amides is 1. The highest BCUT2D eigenvalue weighted by molar-refractivity contribution is 5.90. The van der Waals surface area contributed by atoms with Crippen molar-refractivity contribution >= 4 is 5.91 Å². The molecule has 0 radical (unpaired) electrons. The van der Waals surface area contributed by atoms with E-state index in [1.165, 1.54) is 0 Å². The molecule has 2 aromatic heterocycles. The quantitative estimate of drug-likeness (QED) is 0.890. The standard InChI is InChI=1S/C13H17N5O2/c1-10-14-12(16-15-10)13(19)18-6-4-17(5-7-18)9-11-3-2-8-20-11/h2-3,8H,4-7,9H2,1H3,(H,14,15,16). The molecule has 1 N–H and O–H groups in total. The maximum atomic E-state index is 12.2. The number of hydrogen-bond donors (Lipinski definition) is 1. The summed E-state index contributed by atoms with van der Waals surface area (Å²) in [5.41, 5.74) is 0. The van der Waals surface area contributed by atoms with Crippen LogP contribution in [0.15, 0.2) is 22.8 Å². The van der Waals surface area contributed by atoms with E-state index in [1.807, 2.05) is 12.1 Å². The summed E-state index contributed by atoms with van der Waals surface area (Å²) in [5.74, 6) is 1.76. The van der Waals surface area contributed by atoms with Crippen LogP contribution in [0.2, 0.25) is 0 Å². The minimum absolute atomic E-state index is 0.105. The maximum Gasteiger partial charge on any atom is 0.293 e. The van der Waals surface area contributed by atoms with E-state index >= 15 is 0 Å². The molecule has 0 unspecified atom stereocenters. The number of nitrogens with zero attached hydrogens (tertiary/aromatic N) is 4. The molecule has 7 nitrogen and oxygen atoms in total. The van der Waals surface area contributed by atoms with Crippen LogP contribution in [0.25, 0.3) is 0 Å². The van der Waals surface area contributed by atoms with Crippen LogP contribution >= 0.6 is 0 Å². The molecule has 2 aromatic rings. The molecule has 3 heterocycles. The van der Waals surface area contributed by atoms with Crippen molar-refractivity contribution in [3.63, 3.8) is 0 Å². The molecule has 1 fully saturated rings. The number of carbonyl (C=O) groups is 1. The van der Waals surface area contributed by atoms with Gasteiger partial charge in [0.05, 0.1) is 12.8 Å². The predicted octanol–water partition coefficient (Wildman–Crippen LogP) is 0.664. The van der Waals surface area contributed by atoms with Gasteiger partial charge in [0.25, 0.3) is 5.91 Å². The molecule has 106 valence electrons. The van der Waals surface area contributed by atoms with Gasteiger partial charge in [0.2, 0.25) is 5.82 Å². The van der Waals surface area contributed by atoms with Crippen molar-refractivity contribution in [1.29, 1.82) is 0 Å². The number of H-pyrrole nitrogens is 1. The number of aryl methyl sites for hydroxylation is 1. The van der Waals surface area contributed by atoms with Crippen LogP contribution in [-0.4, -0.2) is 57.1 Å². The molecule has 0 bridgehead atoms. The highest BCUT2D eigenvalue weighted by Crippen LogP contribution is 2.10. The van der Waals surface area contributed by atoms with Gasteiger partial charge < -0.3 is 9.32 Å². The Morgan fingerprint density at radius 3 is 2.80 bits per heavy atom. The van der Waals surface area contributed by atoms with Gasteiger partial charge in [0, 0.05) is 26.2 Å². The SMILES string of the molecule is Cc1nc(C(=O)N2CCN(Cc3ccco3)CC2)n[nH]1. The normalized spacial score (nSPS) is 16.6. The third kappa shape index (κ3) is 2.72. The number of hydrogen-bond acceptors (Lipinski definition) is 5. The molecule has 0 aliphatic carbocycles. The second kappa shape index (κ2) is 5.46. The molecule has 7 heteroatoms. The largest absolute Gasteiger partial charge is 0.468 e. The maximum absolute atomic E-state index is 12.2. The van der Waals surface area contributed by atoms with Crippen LogP contribution < -0.4 is 0 Å². The molecule has 1 saturated heterocycles. The highest BCUT2D eigenvalue weighted by Gasteiger charge is 2.24. The lowest BCUT2D eigenvalue weighted by Gasteiger charge is -2.33. The fourth-order valence-corrected chi connectivity index (χ4v) is 2.31. The Bertz CT molecular complexity index is 569. The first-order valence-corrected chi connectivity index (χ1v) is 6.65. The molecule has 1 aliphatic heterocycles. The Kier molecular flexibility index (Phi) is 3.51. The van der Waals surface area contributed by atoms with Crippen molar-refractivity contribution in [2.24, 2.45) is 0 Å². The van der Waals surface area contributed by atoms with Crippen LogP contribution in [0, 0.1) is 6.92 Å². The van der Waals surface area contributed by atoms with E-state index in [9.17, 15) is 4.79 Å². The summed E-state index contributed by atoms with van der Waals surface area (Å²) in [7, 11) is 0. The third-order valence-electron chi connectivity index (χ3n) is 3.41. The summed E-state index contributed by atoms with van der Waals surface area (Å²) in [6.07, 6.45) is 1.68. The summed E-state index contributed by atoms with van der Waals surface area (Å²) < 4.78 is 5.34. The van der Waals surface area contributed by atoms with Crippen molar-refractivity contribution in [2.75, 3.05) is 26.2 Å². The van der Waals surface area contributed by atoms with Gasteiger partial charge >= 0.3 is 0 Å². The molecule has 0 spiro atoms. The number of rotatable bonds is 3. The van der Waals surface area contributed by atoms with Crippen molar-refractivity contribution in [2.45, 2.75) is 13.5 Å². The zero-order chi connectivity index (χ0) is 13.9. The minimum Gasteiger partial charge on any atom is -0.468 e. The van der Waals surface area contributed by atoms with Crippen molar-refractivity contribution < 1.29 is 9.21 Å². The summed E-state index contributed by atoms with van der Waals surface area (Å²) in [6.45, 7) is 5.60. The van der Waals surface area contributed by atoms with Gasteiger partial charge in [0.15, 0.2) is 0 Å². The second-order valence-corrected chi connectivity index (χ2v) is 4.89. The molecule has 20 heavy (non-hydrogen) atoms. The third-order valence-corrected chi connectivity index (χ3v) is 3.41. The highest BCUT2D eigenvalue weighted by atomic mass is 16.3. The van der Waals surface area contributed by atoms with Crippen molar-refractivity contribution in [3.8, 4) is 0 Å². The molecular formula is C13H17N5O2. The monoisotopic (exact) mass is 275 g/mol. The zero-order valence-electron chi connectivity index (χ0n) is 11.4. The van der Waals surface area contributed by atoms with Crippen molar-refractivity contribution in [1.82, 2.24) is 25.0 Å². The predicted molar refractivity (Wildman–Crippen MR) is 71.0 cm³/mol. The first-order valence-electron chi connectivity index (χ1n) is 6.65. The minimum atomic E-state index is -0.105. The zero-order valence-corrected chi connectivity index (χ0v) is 11.4. The van der Waals surface area contributed by atoms with E-state index < -0.39 is 0 Å². The lowest BCUT2D eigenvalue weighted by atomic mass is 10.3. The fraction of sp³-hybridized carbons (Fsp3) is 0.462. The smallest absolute Gasteiger partial charge is 0.293 e. The Balaban J connectivity index is 1.54. The van der Waals surface area contributed by atoms with Gasteiger partial charge in [-0.3, -0.25) is 14.8 Å². The van der Waals surface area contributed by atoms with E-state index in [0.717, 1.165) is 25.4 Å². The van der Waals surface area contributed by atoms with Gasteiger partial charge in [-0.25, -0.2) is 4.98 Å². The summed E-state index contributed by atoms with van der Waals surface area (Å²) in [5, 5.41) is 6.61. The number of nitrogens with one attached hydrogen (secondary N) is 1.